The summed E-state index contributed by atoms with van der Waals surface area (Å²) in [6.07, 6.45) is 1.65. The minimum Gasteiger partial charge on any atom is -0.491 e. The third kappa shape index (κ3) is 2.68. The molecule has 1 aromatic carbocycles. The van der Waals surface area contributed by atoms with Gasteiger partial charge < -0.3 is 10.5 Å². The number of aromatic nitrogens is 3. The normalized spacial score (nSPS) is 12.7. The van der Waals surface area contributed by atoms with E-state index in [4.69, 9.17) is 10.5 Å². The van der Waals surface area contributed by atoms with Crippen LogP contribution in [0, 0.1) is 0 Å². The highest BCUT2D eigenvalue weighted by Gasteiger charge is 2.14. The third-order valence-electron chi connectivity index (χ3n) is 2.61. The predicted molar refractivity (Wildman–Crippen MR) is 69.2 cm³/mol. The molecule has 1 atom stereocenters. The lowest BCUT2D eigenvalue weighted by atomic mass is 10.1. The third-order valence-corrected chi connectivity index (χ3v) is 2.61. The highest BCUT2D eigenvalue weighted by Crippen LogP contribution is 2.22. The van der Waals surface area contributed by atoms with Gasteiger partial charge in [-0.3, -0.25) is 4.68 Å². The Kier molecular flexibility index (Phi) is 3.62. The number of benzene rings is 1. The molecule has 0 aliphatic rings. The fraction of sp³-hybridized carbons (Fsp3) is 0.385. The Morgan fingerprint density at radius 1 is 1.33 bits per heavy atom. The van der Waals surface area contributed by atoms with Gasteiger partial charge in [0.05, 0.1) is 12.1 Å². The van der Waals surface area contributed by atoms with E-state index in [2.05, 4.69) is 10.1 Å². The fourth-order valence-electron chi connectivity index (χ4n) is 1.79. The molecule has 0 saturated heterocycles. The molecule has 0 spiro atoms. The molecule has 18 heavy (non-hydrogen) atoms. The predicted octanol–water partition coefficient (Wildman–Crippen LogP) is 1.65. The van der Waals surface area contributed by atoms with Gasteiger partial charge in [0.2, 0.25) is 0 Å². The molecular formula is C13H18N4O. The van der Waals surface area contributed by atoms with E-state index in [1.807, 2.05) is 45.2 Å². The molecule has 0 fully saturated rings. The molecule has 1 heterocycles. The van der Waals surface area contributed by atoms with E-state index in [0.717, 1.165) is 17.1 Å². The summed E-state index contributed by atoms with van der Waals surface area (Å²) in [6.45, 7) is 3.99. The van der Waals surface area contributed by atoms with Gasteiger partial charge in [0, 0.05) is 7.05 Å². The van der Waals surface area contributed by atoms with Crippen molar-refractivity contribution in [1.29, 1.82) is 0 Å². The van der Waals surface area contributed by atoms with Crippen LogP contribution < -0.4 is 10.5 Å². The van der Waals surface area contributed by atoms with Crippen LogP contribution in [-0.4, -0.2) is 20.9 Å². The van der Waals surface area contributed by atoms with E-state index in [0.29, 0.717) is 0 Å². The molecule has 0 radical (unpaired) electrons. The summed E-state index contributed by atoms with van der Waals surface area (Å²) in [4.78, 5) is 4.17. The van der Waals surface area contributed by atoms with Gasteiger partial charge in [0.15, 0.2) is 0 Å². The quantitative estimate of drug-likeness (QED) is 0.890. The fourth-order valence-corrected chi connectivity index (χ4v) is 1.79. The second-order valence-corrected chi connectivity index (χ2v) is 4.46. The molecule has 96 valence electrons. The molecule has 1 aromatic heterocycles. The van der Waals surface area contributed by atoms with Crippen molar-refractivity contribution in [2.75, 3.05) is 0 Å². The summed E-state index contributed by atoms with van der Waals surface area (Å²) >= 11 is 0. The summed E-state index contributed by atoms with van der Waals surface area (Å²) < 4.78 is 7.34. The lowest BCUT2D eigenvalue weighted by molar-refractivity contribution is 0.242. The van der Waals surface area contributed by atoms with Gasteiger partial charge in [0.1, 0.15) is 17.9 Å². The van der Waals surface area contributed by atoms with E-state index in [-0.39, 0.29) is 12.1 Å². The Bertz CT molecular complexity index is 521. The van der Waals surface area contributed by atoms with Crippen molar-refractivity contribution >= 4 is 0 Å². The largest absolute Gasteiger partial charge is 0.491 e. The molecule has 2 N–H and O–H groups in total. The van der Waals surface area contributed by atoms with E-state index >= 15 is 0 Å². The highest BCUT2D eigenvalue weighted by atomic mass is 16.5. The van der Waals surface area contributed by atoms with Gasteiger partial charge in [-0.2, -0.15) is 5.10 Å². The molecule has 0 aliphatic carbocycles. The number of nitrogens with two attached hydrogens (primary N) is 1. The average molecular weight is 246 g/mol. The number of hydrogen-bond acceptors (Lipinski definition) is 4. The first-order valence-electron chi connectivity index (χ1n) is 5.94. The molecule has 0 aliphatic heterocycles. The van der Waals surface area contributed by atoms with Gasteiger partial charge in [-0.15, -0.1) is 0 Å². The summed E-state index contributed by atoms with van der Waals surface area (Å²) in [5.41, 5.74) is 7.14. The number of hydrogen-bond donors (Lipinski definition) is 1. The minimum absolute atomic E-state index is 0.145. The standard InChI is InChI=1S/C13H18N4O/c1-9(2)18-11-6-4-5-10(7-11)12(14)13-15-8-16-17(13)3/h4-9,12H,14H2,1-3H3. The van der Waals surface area contributed by atoms with E-state index < -0.39 is 0 Å². The van der Waals surface area contributed by atoms with Gasteiger partial charge in [-0.05, 0) is 31.5 Å². The van der Waals surface area contributed by atoms with Crippen molar-refractivity contribution in [3.05, 3.63) is 42.0 Å². The lowest BCUT2D eigenvalue weighted by Gasteiger charge is -2.14. The molecule has 5 nitrogen and oxygen atoms in total. The maximum atomic E-state index is 6.18. The first-order chi connectivity index (χ1) is 8.58. The Morgan fingerprint density at radius 3 is 2.72 bits per heavy atom. The zero-order chi connectivity index (χ0) is 13.1. The van der Waals surface area contributed by atoms with E-state index in [1.54, 1.807) is 4.68 Å². The van der Waals surface area contributed by atoms with Crippen LogP contribution in [0.4, 0.5) is 0 Å². The number of aryl methyl sites for hydroxylation is 1. The summed E-state index contributed by atoms with van der Waals surface area (Å²) in [5.74, 6) is 1.55. The topological polar surface area (TPSA) is 66.0 Å². The van der Waals surface area contributed by atoms with Crippen molar-refractivity contribution in [2.24, 2.45) is 12.8 Å². The van der Waals surface area contributed by atoms with Crippen molar-refractivity contribution in [3.8, 4) is 5.75 Å². The average Bonchev–Trinajstić information content (AvgIpc) is 2.74. The lowest BCUT2D eigenvalue weighted by Crippen LogP contribution is -2.17. The van der Waals surface area contributed by atoms with Crippen LogP contribution >= 0.6 is 0 Å². The van der Waals surface area contributed by atoms with Crippen LogP contribution in [0.3, 0.4) is 0 Å². The highest BCUT2D eigenvalue weighted by molar-refractivity contribution is 5.33. The zero-order valence-corrected chi connectivity index (χ0v) is 10.9. The molecular weight excluding hydrogens is 228 g/mol. The minimum atomic E-state index is -0.298. The number of rotatable bonds is 4. The van der Waals surface area contributed by atoms with Gasteiger partial charge in [0.25, 0.3) is 0 Å². The molecule has 0 bridgehead atoms. The number of nitrogens with zero attached hydrogens (tertiary/aromatic N) is 3. The molecule has 0 amide bonds. The van der Waals surface area contributed by atoms with E-state index in [9.17, 15) is 0 Å². The van der Waals surface area contributed by atoms with Crippen molar-refractivity contribution in [3.63, 3.8) is 0 Å². The monoisotopic (exact) mass is 246 g/mol. The Morgan fingerprint density at radius 2 is 2.11 bits per heavy atom. The van der Waals surface area contributed by atoms with Crippen LogP contribution in [0.15, 0.2) is 30.6 Å². The Labute approximate surface area is 107 Å². The van der Waals surface area contributed by atoms with Crippen molar-refractivity contribution in [1.82, 2.24) is 14.8 Å². The second kappa shape index (κ2) is 5.18. The van der Waals surface area contributed by atoms with Crippen molar-refractivity contribution in [2.45, 2.75) is 26.0 Å². The molecule has 2 rings (SSSR count). The smallest absolute Gasteiger partial charge is 0.148 e. The maximum Gasteiger partial charge on any atom is 0.148 e. The van der Waals surface area contributed by atoms with Crippen molar-refractivity contribution < 1.29 is 4.74 Å². The molecule has 2 aromatic rings. The van der Waals surface area contributed by atoms with Crippen LogP contribution in [0.5, 0.6) is 5.75 Å². The molecule has 1 unspecified atom stereocenters. The second-order valence-electron chi connectivity index (χ2n) is 4.46. The summed E-state index contributed by atoms with van der Waals surface area (Å²) in [7, 11) is 1.83. The summed E-state index contributed by atoms with van der Waals surface area (Å²) in [5, 5.41) is 4.03. The van der Waals surface area contributed by atoms with E-state index in [1.165, 1.54) is 6.33 Å². The van der Waals surface area contributed by atoms with Gasteiger partial charge in [-0.1, -0.05) is 12.1 Å². The first kappa shape index (κ1) is 12.6. The van der Waals surface area contributed by atoms with Crippen LogP contribution in [0.1, 0.15) is 31.3 Å². The molecule has 5 heteroatoms. The number of ether oxygens (including phenoxy) is 1. The molecule has 0 saturated carbocycles. The van der Waals surface area contributed by atoms with Crippen LogP contribution in [0.25, 0.3) is 0 Å². The van der Waals surface area contributed by atoms with Gasteiger partial charge >= 0.3 is 0 Å². The Balaban J connectivity index is 2.25. The SMILES string of the molecule is CC(C)Oc1cccc(C(N)c2ncnn2C)c1. The Hall–Kier alpha value is -1.88. The van der Waals surface area contributed by atoms with Crippen LogP contribution in [-0.2, 0) is 7.05 Å². The zero-order valence-electron chi connectivity index (χ0n) is 10.9. The van der Waals surface area contributed by atoms with Crippen LogP contribution in [0.2, 0.25) is 0 Å². The maximum absolute atomic E-state index is 6.18. The summed E-state index contributed by atoms with van der Waals surface area (Å²) in [6, 6.07) is 7.47. The first-order valence-corrected chi connectivity index (χ1v) is 5.94. The van der Waals surface area contributed by atoms with Gasteiger partial charge in [-0.25, -0.2) is 4.98 Å².